The summed E-state index contributed by atoms with van der Waals surface area (Å²) in [5.74, 6) is 0.0407. The standard InChI is InChI=1S/C20H32N4O4/c1-14-13-17-18(15(2)28-14)21-22-19(17)20(25)24(16-3-9-26-10-4-16)6-5-23-7-11-27-12-8-23/h14-16H,3-13H2,1-2H3,(H,21,22)/t14-,15+/m1/s1. The number of aromatic amines is 1. The smallest absolute Gasteiger partial charge is 0.274 e. The van der Waals surface area contributed by atoms with E-state index >= 15 is 0 Å². The van der Waals surface area contributed by atoms with E-state index in [1.54, 1.807) is 0 Å². The number of rotatable bonds is 5. The van der Waals surface area contributed by atoms with E-state index in [2.05, 4.69) is 22.0 Å². The Morgan fingerprint density at radius 2 is 1.89 bits per heavy atom. The number of carbonyl (C=O) groups excluding carboxylic acids is 1. The van der Waals surface area contributed by atoms with E-state index in [9.17, 15) is 4.79 Å². The first kappa shape index (κ1) is 19.8. The first-order chi connectivity index (χ1) is 13.6. The number of H-pyrrole nitrogens is 1. The largest absolute Gasteiger partial charge is 0.381 e. The number of morpholine rings is 1. The molecular formula is C20H32N4O4. The fourth-order valence-electron chi connectivity index (χ4n) is 4.51. The third-order valence-electron chi connectivity index (χ3n) is 6.09. The maximum Gasteiger partial charge on any atom is 0.274 e. The zero-order chi connectivity index (χ0) is 19.5. The monoisotopic (exact) mass is 392 g/mol. The molecule has 1 amide bonds. The zero-order valence-corrected chi connectivity index (χ0v) is 17.0. The molecule has 1 aromatic rings. The Morgan fingerprint density at radius 1 is 1.18 bits per heavy atom. The number of fused-ring (bicyclic) bond motifs is 1. The second-order valence-electron chi connectivity index (χ2n) is 8.05. The summed E-state index contributed by atoms with van der Waals surface area (Å²) in [4.78, 5) is 18.0. The molecule has 2 fully saturated rings. The first-order valence-corrected chi connectivity index (χ1v) is 10.5. The molecule has 0 spiro atoms. The Balaban J connectivity index is 1.52. The van der Waals surface area contributed by atoms with Crippen LogP contribution in [0.4, 0.5) is 0 Å². The lowest BCUT2D eigenvalue weighted by Gasteiger charge is -2.36. The molecule has 3 aliphatic rings. The van der Waals surface area contributed by atoms with Crippen molar-refractivity contribution in [3.63, 3.8) is 0 Å². The lowest BCUT2D eigenvalue weighted by molar-refractivity contribution is -0.00715. The second-order valence-corrected chi connectivity index (χ2v) is 8.05. The van der Waals surface area contributed by atoms with E-state index in [1.807, 2.05) is 11.8 Å². The number of nitrogens with one attached hydrogen (secondary N) is 1. The average Bonchev–Trinajstić information content (AvgIpc) is 3.14. The van der Waals surface area contributed by atoms with Gasteiger partial charge >= 0.3 is 0 Å². The van der Waals surface area contributed by atoms with Crippen molar-refractivity contribution in [3.8, 4) is 0 Å². The van der Waals surface area contributed by atoms with Gasteiger partial charge in [0.1, 0.15) is 0 Å². The quantitative estimate of drug-likeness (QED) is 0.816. The molecule has 1 aromatic heterocycles. The molecule has 2 atom stereocenters. The van der Waals surface area contributed by atoms with Crippen LogP contribution in [0.15, 0.2) is 0 Å². The van der Waals surface area contributed by atoms with Crippen LogP contribution in [-0.2, 0) is 20.6 Å². The van der Waals surface area contributed by atoms with Crippen molar-refractivity contribution >= 4 is 5.91 Å². The summed E-state index contributed by atoms with van der Waals surface area (Å²) in [6.45, 7) is 10.5. The molecule has 0 saturated carbocycles. The van der Waals surface area contributed by atoms with Gasteiger partial charge in [-0.05, 0) is 26.7 Å². The highest BCUT2D eigenvalue weighted by atomic mass is 16.5. The highest BCUT2D eigenvalue weighted by molar-refractivity contribution is 5.94. The van der Waals surface area contributed by atoms with Crippen LogP contribution in [0.1, 0.15) is 54.5 Å². The molecule has 4 rings (SSSR count). The van der Waals surface area contributed by atoms with Gasteiger partial charge in [-0.1, -0.05) is 0 Å². The highest BCUT2D eigenvalue weighted by Gasteiger charge is 2.34. The molecule has 2 saturated heterocycles. The maximum absolute atomic E-state index is 13.6. The number of aromatic nitrogens is 2. The predicted molar refractivity (Wildman–Crippen MR) is 103 cm³/mol. The lowest BCUT2D eigenvalue weighted by atomic mass is 9.98. The number of amides is 1. The third kappa shape index (κ3) is 4.25. The first-order valence-electron chi connectivity index (χ1n) is 10.5. The van der Waals surface area contributed by atoms with Crippen molar-refractivity contribution in [2.24, 2.45) is 0 Å². The Bertz CT molecular complexity index is 667. The number of hydrogen-bond donors (Lipinski definition) is 1. The van der Waals surface area contributed by atoms with Crippen LogP contribution < -0.4 is 0 Å². The lowest BCUT2D eigenvalue weighted by Crippen LogP contribution is -2.48. The predicted octanol–water partition coefficient (Wildman–Crippen LogP) is 1.39. The summed E-state index contributed by atoms with van der Waals surface area (Å²) in [7, 11) is 0. The van der Waals surface area contributed by atoms with E-state index in [0.29, 0.717) is 25.5 Å². The summed E-state index contributed by atoms with van der Waals surface area (Å²) in [6.07, 6.45) is 2.53. The number of carbonyl (C=O) groups is 1. The summed E-state index contributed by atoms with van der Waals surface area (Å²) in [5.41, 5.74) is 2.55. The molecule has 1 N–H and O–H groups in total. The topological polar surface area (TPSA) is 79.9 Å². The molecule has 0 aromatic carbocycles. The van der Waals surface area contributed by atoms with Crippen molar-refractivity contribution in [1.82, 2.24) is 20.0 Å². The van der Waals surface area contributed by atoms with Crippen LogP contribution in [0.25, 0.3) is 0 Å². The van der Waals surface area contributed by atoms with Gasteiger partial charge < -0.3 is 19.1 Å². The van der Waals surface area contributed by atoms with Crippen LogP contribution in [0.3, 0.4) is 0 Å². The van der Waals surface area contributed by atoms with Gasteiger partial charge in [-0.2, -0.15) is 5.10 Å². The van der Waals surface area contributed by atoms with Crippen LogP contribution in [0, 0.1) is 0 Å². The number of ether oxygens (including phenoxy) is 3. The molecule has 8 heteroatoms. The minimum Gasteiger partial charge on any atom is -0.381 e. The van der Waals surface area contributed by atoms with E-state index in [-0.39, 0.29) is 24.2 Å². The van der Waals surface area contributed by atoms with E-state index in [1.165, 1.54) is 0 Å². The molecular weight excluding hydrogens is 360 g/mol. The third-order valence-corrected chi connectivity index (χ3v) is 6.09. The normalized spacial score (nSPS) is 26.8. The fraction of sp³-hybridized carbons (Fsp3) is 0.800. The van der Waals surface area contributed by atoms with Crippen molar-refractivity contribution in [2.75, 3.05) is 52.6 Å². The van der Waals surface area contributed by atoms with Gasteiger partial charge in [-0.3, -0.25) is 14.8 Å². The van der Waals surface area contributed by atoms with Crippen LogP contribution in [0.5, 0.6) is 0 Å². The van der Waals surface area contributed by atoms with Gasteiger partial charge in [0.15, 0.2) is 5.69 Å². The summed E-state index contributed by atoms with van der Waals surface area (Å²) < 4.78 is 16.9. The molecule has 0 radical (unpaired) electrons. The summed E-state index contributed by atoms with van der Waals surface area (Å²) >= 11 is 0. The van der Waals surface area contributed by atoms with Crippen molar-refractivity contribution in [1.29, 1.82) is 0 Å². The summed E-state index contributed by atoms with van der Waals surface area (Å²) in [5, 5.41) is 7.50. The molecule has 156 valence electrons. The average molecular weight is 393 g/mol. The molecule has 28 heavy (non-hydrogen) atoms. The van der Waals surface area contributed by atoms with Gasteiger partial charge in [-0.25, -0.2) is 0 Å². The Labute approximate surface area is 166 Å². The highest BCUT2D eigenvalue weighted by Crippen LogP contribution is 2.31. The Hall–Kier alpha value is -1.48. The Morgan fingerprint density at radius 3 is 2.64 bits per heavy atom. The van der Waals surface area contributed by atoms with Gasteiger partial charge in [-0.15, -0.1) is 0 Å². The minimum atomic E-state index is -0.0577. The molecule has 3 aliphatic heterocycles. The number of nitrogens with zero attached hydrogens (tertiary/aromatic N) is 3. The van der Waals surface area contributed by atoms with E-state index < -0.39 is 0 Å². The Kier molecular flexibility index (Phi) is 6.30. The number of hydrogen-bond acceptors (Lipinski definition) is 6. The van der Waals surface area contributed by atoms with E-state index in [0.717, 1.165) is 63.4 Å². The van der Waals surface area contributed by atoms with Crippen molar-refractivity contribution < 1.29 is 19.0 Å². The van der Waals surface area contributed by atoms with Gasteiger partial charge in [0.2, 0.25) is 0 Å². The fourth-order valence-corrected chi connectivity index (χ4v) is 4.51. The molecule has 0 unspecified atom stereocenters. The van der Waals surface area contributed by atoms with E-state index in [4.69, 9.17) is 14.2 Å². The van der Waals surface area contributed by atoms with Crippen molar-refractivity contribution in [3.05, 3.63) is 17.0 Å². The molecule has 0 bridgehead atoms. The van der Waals surface area contributed by atoms with Gasteiger partial charge in [0, 0.05) is 57.4 Å². The SMILES string of the molecule is C[C@@H]1Cc2c(C(=O)N(CCN3CCOCC3)C3CCOCC3)n[nH]c2[C@H](C)O1. The van der Waals surface area contributed by atoms with Gasteiger partial charge in [0.25, 0.3) is 5.91 Å². The molecule has 4 heterocycles. The van der Waals surface area contributed by atoms with Gasteiger partial charge in [0.05, 0.1) is 31.1 Å². The maximum atomic E-state index is 13.6. The summed E-state index contributed by atoms with van der Waals surface area (Å²) in [6, 6.07) is 0.212. The second kappa shape index (κ2) is 8.90. The van der Waals surface area contributed by atoms with Crippen LogP contribution in [-0.4, -0.2) is 90.7 Å². The molecule has 8 nitrogen and oxygen atoms in total. The van der Waals surface area contributed by atoms with Crippen LogP contribution >= 0.6 is 0 Å². The minimum absolute atomic E-state index is 0.0407. The van der Waals surface area contributed by atoms with Crippen LogP contribution in [0.2, 0.25) is 0 Å². The van der Waals surface area contributed by atoms with Crippen molar-refractivity contribution in [2.45, 2.75) is 51.4 Å². The molecule has 0 aliphatic carbocycles. The zero-order valence-electron chi connectivity index (χ0n) is 17.0.